The monoisotopic (exact) mass is 366 g/mol. The quantitative estimate of drug-likeness (QED) is 0.656. The maximum Gasteiger partial charge on any atom is 0.274 e. The lowest BCUT2D eigenvalue weighted by Crippen LogP contribution is -2.15. The Hall–Kier alpha value is -3.25. The molecule has 3 rings (SSSR count). The Morgan fingerprint density at radius 1 is 1.04 bits per heavy atom. The fourth-order valence-electron chi connectivity index (χ4n) is 2.24. The predicted octanol–water partition coefficient (Wildman–Crippen LogP) is 4.33. The number of carbonyl (C=O) groups is 2. The minimum atomic E-state index is -0.407. The molecule has 1 amide bonds. The number of para-hydroxylation sites is 1. The minimum absolute atomic E-state index is 0.0747. The molecule has 0 aliphatic heterocycles. The number of Topliss-reactive ketones (excluding diaryl/α,β-unsaturated/α-hetero) is 1. The molecule has 0 bridgehead atoms. The zero-order valence-corrected chi connectivity index (χ0v) is 14.6. The van der Waals surface area contributed by atoms with Gasteiger partial charge in [-0.25, -0.2) is 9.97 Å². The highest BCUT2D eigenvalue weighted by atomic mass is 35.5. The van der Waals surface area contributed by atoms with E-state index in [9.17, 15) is 9.59 Å². The minimum Gasteiger partial charge on any atom is -0.323 e. The number of anilines is 3. The average molecular weight is 367 g/mol. The molecule has 26 heavy (non-hydrogen) atoms. The number of ketones is 1. The summed E-state index contributed by atoms with van der Waals surface area (Å²) in [5.41, 5.74) is 1.86. The molecule has 0 saturated heterocycles. The van der Waals surface area contributed by atoms with Crippen LogP contribution in [0.1, 0.15) is 27.8 Å². The molecular formula is C19H15ClN4O2. The molecule has 130 valence electrons. The van der Waals surface area contributed by atoms with Gasteiger partial charge in [-0.15, -0.1) is 0 Å². The van der Waals surface area contributed by atoms with Crippen molar-refractivity contribution in [3.8, 4) is 0 Å². The first-order valence-electron chi connectivity index (χ1n) is 7.80. The van der Waals surface area contributed by atoms with Crippen molar-refractivity contribution in [3.05, 3.63) is 77.1 Å². The standard InChI is InChI=1S/C19H15ClN4O2/c1-12(25)13-5-4-6-14(11-13)22-18(26)17-9-10-21-19(24-17)23-16-8-3-2-7-15(16)20/h2-11H,1H3,(H,22,26)(H,21,23,24). The van der Waals surface area contributed by atoms with Crippen LogP contribution < -0.4 is 10.6 Å². The van der Waals surface area contributed by atoms with Crippen molar-refractivity contribution in [2.45, 2.75) is 6.92 Å². The summed E-state index contributed by atoms with van der Waals surface area (Å²) < 4.78 is 0. The lowest BCUT2D eigenvalue weighted by atomic mass is 10.1. The van der Waals surface area contributed by atoms with Crippen molar-refractivity contribution in [2.24, 2.45) is 0 Å². The fraction of sp³-hybridized carbons (Fsp3) is 0.0526. The SMILES string of the molecule is CC(=O)c1cccc(NC(=O)c2ccnc(Nc3ccccc3Cl)n2)c1. The molecular weight excluding hydrogens is 352 g/mol. The molecule has 3 aromatic rings. The Morgan fingerprint density at radius 3 is 2.62 bits per heavy atom. The molecule has 0 spiro atoms. The highest BCUT2D eigenvalue weighted by Crippen LogP contribution is 2.23. The maximum atomic E-state index is 12.4. The smallest absolute Gasteiger partial charge is 0.274 e. The zero-order chi connectivity index (χ0) is 18.5. The summed E-state index contributed by atoms with van der Waals surface area (Å²) in [5.74, 6) is -0.229. The summed E-state index contributed by atoms with van der Waals surface area (Å²) in [6.45, 7) is 1.47. The van der Waals surface area contributed by atoms with E-state index >= 15 is 0 Å². The first-order valence-corrected chi connectivity index (χ1v) is 8.17. The van der Waals surface area contributed by atoms with Crippen LogP contribution >= 0.6 is 11.6 Å². The summed E-state index contributed by atoms with van der Waals surface area (Å²) >= 11 is 6.10. The summed E-state index contributed by atoms with van der Waals surface area (Å²) in [4.78, 5) is 32.2. The lowest BCUT2D eigenvalue weighted by Gasteiger charge is -2.09. The second kappa shape index (κ2) is 7.76. The Balaban J connectivity index is 1.77. The molecule has 1 aromatic heterocycles. The van der Waals surface area contributed by atoms with Crippen LogP contribution in [0.25, 0.3) is 0 Å². The molecule has 2 aromatic carbocycles. The molecule has 7 heteroatoms. The fourth-order valence-corrected chi connectivity index (χ4v) is 2.42. The second-order valence-corrected chi connectivity index (χ2v) is 5.87. The second-order valence-electron chi connectivity index (χ2n) is 5.46. The number of nitrogens with one attached hydrogen (secondary N) is 2. The van der Waals surface area contributed by atoms with Crippen molar-refractivity contribution < 1.29 is 9.59 Å². The molecule has 2 N–H and O–H groups in total. The number of carbonyl (C=O) groups excluding carboxylic acids is 2. The van der Waals surface area contributed by atoms with Gasteiger partial charge in [0.2, 0.25) is 5.95 Å². The van der Waals surface area contributed by atoms with Crippen molar-refractivity contribution in [1.29, 1.82) is 0 Å². The van der Waals surface area contributed by atoms with Gasteiger partial charge in [-0.2, -0.15) is 0 Å². The van der Waals surface area contributed by atoms with E-state index in [1.54, 1.807) is 36.4 Å². The zero-order valence-electron chi connectivity index (χ0n) is 13.9. The first-order chi connectivity index (χ1) is 12.5. The van der Waals surface area contributed by atoms with Crippen molar-refractivity contribution in [3.63, 3.8) is 0 Å². The molecule has 0 radical (unpaired) electrons. The molecule has 6 nitrogen and oxygen atoms in total. The summed E-state index contributed by atoms with van der Waals surface area (Å²) in [6.07, 6.45) is 1.48. The third-order valence-electron chi connectivity index (χ3n) is 3.54. The number of halogens is 1. The van der Waals surface area contributed by atoms with Crippen LogP contribution in [0.5, 0.6) is 0 Å². The van der Waals surface area contributed by atoms with Crippen LogP contribution in [-0.4, -0.2) is 21.7 Å². The number of rotatable bonds is 5. The first kappa shape index (κ1) is 17.6. The normalized spacial score (nSPS) is 10.2. The van der Waals surface area contributed by atoms with Gasteiger partial charge in [0.25, 0.3) is 5.91 Å². The molecule has 0 unspecified atom stereocenters. The van der Waals surface area contributed by atoms with E-state index in [0.29, 0.717) is 22.0 Å². The third-order valence-corrected chi connectivity index (χ3v) is 3.87. The van der Waals surface area contributed by atoms with Crippen LogP contribution in [-0.2, 0) is 0 Å². The molecule has 0 saturated carbocycles. The summed E-state index contributed by atoms with van der Waals surface area (Å²) in [5, 5.41) is 6.22. The van der Waals surface area contributed by atoms with Crippen molar-refractivity contribution in [2.75, 3.05) is 10.6 Å². The number of hydrogen-bond acceptors (Lipinski definition) is 5. The van der Waals surface area contributed by atoms with E-state index in [1.807, 2.05) is 12.1 Å². The van der Waals surface area contributed by atoms with E-state index in [-0.39, 0.29) is 17.4 Å². The largest absolute Gasteiger partial charge is 0.323 e. The van der Waals surface area contributed by atoms with Crippen LogP contribution in [0, 0.1) is 0 Å². The molecule has 0 aliphatic rings. The van der Waals surface area contributed by atoms with Gasteiger partial charge in [0.15, 0.2) is 5.78 Å². The topological polar surface area (TPSA) is 84.0 Å². The van der Waals surface area contributed by atoms with Crippen LogP contribution in [0.2, 0.25) is 5.02 Å². The summed E-state index contributed by atoms with van der Waals surface area (Å²) in [7, 11) is 0. The van der Waals surface area contributed by atoms with E-state index in [4.69, 9.17) is 11.6 Å². The van der Waals surface area contributed by atoms with E-state index < -0.39 is 5.91 Å². The Morgan fingerprint density at radius 2 is 1.85 bits per heavy atom. The molecule has 0 fully saturated rings. The van der Waals surface area contributed by atoms with Crippen LogP contribution in [0.4, 0.5) is 17.3 Å². The number of benzene rings is 2. The van der Waals surface area contributed by atoms with Gasteiger partial charge in [-0.05, 0) is 37.3 Å². The number of aromatic nitrogens is 2. The van der Waals surface area contributed by atoms with Gasteiger partial charge in [0.05, 0.1) is 10.7 Å². The number of nitrogens with zero attached hydrogens (tertiary/aromatic N) is 2. The molecule has 0 aliphatic carbocycles. The van der Waals surface area contributed by atoms with E-state index in [2.05, 4.69) is 20.6 Å². The van der Waals surface area contributed by atoms with Gasteiger partial charge in [-0.1, -0.05) is 35.9 Å². The number of amides is 1. The molecule has 1 heterocycles. The van der Waals surface area contributed by atoms with Crippen molar-refractivity contribution >= 4 is 40.6 Å². The van der Waals surface area contributed by atoms with E-state index in [0.717, 1.165) is 0 Å². The Bertz CT molecular complexity index is 975. The molecule has 0 atom stereocenters. The van der Waals surface area contributed by atoms with Gasteiger partial charge in [0.1, 0.15) is 5.69 Å². The predicted molar refractivity (Wildman–Crippen MR) is 101 cm³/mol. The Kier molecular flexibility index (Phi) is 5.24. The van der Waals surface area contributed by atoms with Gasteiger partial charge in [0, 0.05) is 17.4 Å². The summed E-state index contributed by atoms with van der Waals surface area (Å²) in [6, 6.07) is 15.4. The maximum absolute atomic E-state index is 12.4. The highest BCUT2D eigenvalue weighted by Gasteiger charge is 2.11. The van der Waals surface area contributed by atoms with Crippen LogP contribution in [0.3, 0.4) is 0 Å². The highest BCUT2D eigenvalue weighted by molar-refractivity contribution is 6.33. The van der Waals surface area contributed by atoms with Gasteiger partial charge < -0.3 is 10.6 Å². The van der Waals surface area contributed by atoms with Crippen molar-refractivity contribution in [1.82, 2.24) is 9.97 Å². The Labute approximate surface area is 155 Å². The average Bonchev–Trinajstić information content (AvgIpc) is 2.64. The van der Waals surface area contributed by atoms with E-state index in [1.165, 1.54) is 19.2 Å². The van der Waals surface area contributed by atoms with Crippen LogP contribution in [0.15, 0.2) is 60.8 Å². The number of hydrogen-bond donors (Lipinski definition) is 2. The lowest BCUT2D eigenvalue weighted by molar-refractivity contribution is 0.100. The third kappa shape index (κ3) is 4.23. The van der Waals surface area contributed by atoms with Gasteiger partial charge >= 0.3 is 0 Å². The van der Waals surface area contributed by atoms with Gasteiger partial charge in [-0.3, -0.25) is 9.59 Å².